The molecule has 3 aromatic rings. The van der Waals surface area contributed by atoms with Gasteiger partial charge in [0.15, 0.2) is 0 Å². The molecule has 4 nitrogen and oxygen atoms in total. The van der Waals surface area contributed by atoms with Gasteiger partial charge in [-0.05, 0) is 67.5 Å². The minimum Gasteiger partial charge on any atom is -0.268 e. The first-order chi connectivity index (χ1) is 14.1. The first-order valence-corrected chi connectivity index (χ1v) is 10.8. The van der Waals surface area contributed by atoms with Crippen LogP contribution in [0, 0.1) is 0 Å². The van der Waals surface area contributed by atoms with Crippen LogP contribution < -0.4 is 5.56 Å². The van der Waals surface area contributed by atoms with Gasteiger partial charge in [-0.1, -0.05) is 36.8 Å². The fourth-order valence-corrected chi connectivity index (χ4v) is 3.66. The zero-order valence-electron chi connectivity index (χ0n) is 17.0. The summed E-state index contributed by atoms with van der Waals surface area (Å²) >= 11 is 1.43. The molecule has 0 atom stereocenters. The summed E-state index contributed by atoms with van der Waals surface area (Å²) in [7, 11) is 0. The molecular formula is C24H25N3OS. The molecule has 29 heavy (non-hydrogen) atoms. The Balaban J connectivity index is 1.87. The zero-order chi connectivity index (χ0) is 20.6. The van der Waals surface area contributed by atoms with Crippen LogP contribution in [0.15, 0.2) is 82.5 Å². The third-order valence-corrected chi connectivity index (χ3v) is 5.36. The molecule has 3 rings (SSSR count). The number of aromatic nitrogens is 3. The average Bonchev–Trinajstić information content (AvgIpc) is 2.74. The molecule has 2 heterocycles. The number of allylic oxidation sites excluding steroid dienone is 3. The van der Waals surface area contributed by atoms with Crippen LogP contribution >= 0.6 is 11.8 Å². The highest BCUT2D eigenvalue weighted by molar-refractivity contribution is 7.98. The number of nitrogens with zero attached hydrogens (tertiary/aromatic N) is 3. The predicted molar refractivity (Wildman–Crippen MR) is 122 cm³/mol. The second-order valence-corrected chi connectivity index (χ2v) is 7.54. The van der Waals surface area contributed by atoms with E-state index in [0.29, 0.717) is 10.6 Å². The van der Waals surface area contributed by atoms with Gasteiger partial charge in [0.2, 0.25) is 0 Å². The molecule has 0 aliphatic carbocycles. The Bertz CT molecular complexity index is 1070. The van der Waals surface area contributed by atoms with E-state index in [-0.39, 0.29) is 5.56 Å². The standard InChI is InChI=1S/C24H25N3OS/c1-4-5-18(2)6-11-22-23(29-3)24(28)27(17-26-22)21-9-7-19(8-10-21)16-20-12-14-25-15-13-20/h5-15,17H,4,16H2,1-3H3/b11-6+,18-5+. The topological polar surface area (TPSA) is 47.8 Å². The van der Waals surface area contributed by atoms with E-state index < -0.39 is 0 Å². The molecule has 0 saturated heterocycles. The van der Waals surface area contributed by atoms with Crippen LogP contribution in [0.2, 0.25) is 0 Å². The number of thioether (sulfide) groups is 1. The van der Waals surface area contributed by atoms with Gasteiger partial charge in [0.05, 0.1) is 16.3 Å². The van der Waals surface area contributed by atoms with E-state index in [0.717, 1.165) is 24.1 Å². The first-order valence-electron chi connectivity index (χ1n) is 9.61. The van der Waals surface area contributed by atoms with E-state index in [1.807, 2.05) is 61.7 Å². The number of hydrogen-bond acceptors (Lipinski definition) is 4. The van der Waals surface area contributed by atoms with Crippen molar-refractivity contribution in [1.82, 2.24) is 14.5 Å². The molecule has 0 unspecified atom stereocenters. The molecule has 0 saturated carbocycles. The fraction of sp³-hybridized carbons (Fsp3) is 0.208. The van der Waals surface area contributed by atoms with Crippen molar-refractivity contribution < 1.29 is 0 Å². The van der Waals surface area contributed by atoms with Gasteiger partial charge in [-0.15, -0.1) is 11.8 Å². The molecule has 0 bridgehead atoms. The minimum absolute atomic E-state index is 0.0499. The molecule has 0 amide bonds. The van der Waals surface area contributed by atoms with Gasteiger partial charge in [0.25, 0.3) is 5.56 Å². The summed E-state index contributed by atoms with van der Waals surface area (Å²) in [5.74, 6) is 0. The van der Waals surface area contributed by atoms with Crippen molar-refractivity contribution in [3.63, 3.8) is 0 Å². The third kappa shape index (κ3) is 5.33. The number of hydrogen-bond donors (Lipinski definition) is 0. The minimum atomic E-state index is -0.0499. The van der Waals surface area contributed by atoms with Gasteiger partial charge in [-0.3, -0.25) is 14.3 Å². The largest absolute Gasteiger partial charge is 0.272 e. The van der Waals surface area contributed by atoms with Gasteiger partial charge in [-0.25, -0.2) is 4.98 Å². The molecule has 0 radical (unpaired) electrons. The maximum absolute atomic E-state index is 13.0. The highest BCUT2D eigenvalue weighted by atomic mass is 32.2. The van der Waals surface area contributed by atoms with Crippen LogP contribution in [0.4, 0.5) is 0 Å². The smallest absolute Gasteiger partial charge is 0.268 e. The Morgan fingerprint density at radius 3 is 2.45 bits per heavy atom. The Morgan fingerprint density at radius 2 is 1.79 bits per heavy atom. The van der Waals surface area contributed by atoms with Crippen LogP contribution in [-0.4, -0.2) is 20.8 Å². The molecule has 0 spiro atoms. The second-order valence-electron chi connectivity index (χ2n) is 6.73. The fourth-order valence-electron chi connectivity index (χ4n) is 3.06. The van der Waals surface area contributed by atoms with Gasteiger partial charge in [-0.2, -0.15) is 0 Å². The van der Waals surface area contributed by atoms with Crippen molar-refractivity contribution >= 4 is 17.8 Å². The van der Waals surface area contributed by atoms with E-state index in [1.54, 1.807) is 23.3 Å². The summed E-state index contributed by atoms with van der Waals surface area (Å²) in [6.45, 7) is 4.15. The number of pyridine rings is 1. The van der Waals surface area contributed by atoms with Gasteiger partial charge in [0, 0.05) is 12.4 Å². The lowest BCUT2D eigenvalue weighted by atomic mass is 10.1. The Morgan fingerprint density at radius 1 is 1.10 bits per heavy atom. The summed E-state index contributed by atoms with van der Waals surface area (Å²) in [4.78, 5) is 22.2. The zero-order valence-corrected chi connectivity index (χ0v) is 17.8. The molecule has 0 N–H and O–H groups in total. The summed E-state index contributed by atoms with van der Waals surface area (Å²) in [6, 6.07) is 12.1. The average molecular weight is 404 g/mol. The number of rotatable bonds is 7. The van der Waals surface area contributed by atoms with Crippen LogP contribution in [0.25, 0.3) is 11.8 Å². The Kier molecular flexibility index (Phi) is 7.19. The molecular weight excluding hydrogens is 378 g/mol. The Hall–Kier alpha value is -2.92. The van der Waals surface area contributed by atoms with E-state index in [1.165, 1.54) is 22.9 Å². The Labute approximate surface area is 176 Å². The highest BCUT2D eigenvalue weighted by Gasteiger charge is 2.10. The van der Waals surface area contributed by atoms with Crippen molar-refractivity contribution in [2.75, 3.05) is 6.26 Å². The van der Waals surface area contributed by atoms with Gasteiger partial charge < -0.3 is 0 Å². The maximum Gasteiger partial charge on any atom is 0.272 e. The molecule has 2 aromatic heterocycles. The maximum atomic E-state index is 13.0. The van der Waals surface area contributed by atoms with Crippen molar-refractivity contribution in [2.45, 2.75) is 31.6 Å². The van der Waals surface area contributed by atoms with Crippen molar-refractivity contribution in [3.8, 4) is 5.69 Å². The molecule has 0 fully saturated rings. The summed E-state index contributed by atoms with van der Waals surface area (Å²) in [6.07, 6.45) is 15.0. The first kappa shape index (κ1) is 20.8. The van der Waals surface area contributed by atoms with E-state index in [2.05, 4.69) is 23.0 Å². The van der Waals surface area contributed by atoms with Crippen LogP contribution in [0.3, 0.4) is 0 Å². The van der Waals surface area contributed by atoms with Crippen LogP contribution in [0.5, 0.6) is 0 Å². The highest BCUT2D eigenvalue weighted by Crippen LogP contribution is 2.18. The molecule has 0 aliphatic rings. The van der Waals surface area contributed by atoms with E-state index in [9.17, 15) is 4.79 Å². The SMILES string of the molecule is CC/C=C(C)/C=C/c1ncn(-c2ccc(Cc3ccncc3)cc2)c(=O)c1SC. The van der Waals surface area contributed by atoms with E-state index in [4.69, 9.17) is 0 Å². The summed E-state index contributed by atoms with van der Waals surface area (Å²) < 4.78 is 1.61. The lowest BCUT2D eigenvalue weighted by Gasteiger charge is -2.10. The monoisotopic (exact) mass is 403 g/mol. The molecule has 148 valence electrons. The summed E-state index contributed by atoms with van der Waals surface area (Å²) in [5, 5.41) is 0. The van der Waals surface area contributed by atoms with Gasteiger partial charge >= 0.3 is 0 Å². The van der Waals surface area contributed by atoms with Gasteiger partial charge in [0.1, 0.15) is 6.33 Å². The van der Waals surface area contributed by atoms with Crippen LogP contribution in [-0.2, 0) is 6.42 Å². The van der Waals surface area contributed by atoms with Crippen LogP contribution in [0.1, 0.15) is 37.1 Å². The van der Waals surface area contributed by atoms with E-state index >= 15 is 0 Å². The third-order valence-electron chi connectivity index (χ3n) is 4.56. The molecule has 1 aromatic carbocycles. The van der Waals surface area contributed by atoms with Crippen molar-refractivity contribution in [3.05, 3.63) is 100 Å². The lowest BCUT2D eigenvalue weighted by molar-refractivity contribution is 0.883. The predicted octanol–water partition coefficient (Wildman–Crippen LogP) is 5.31. The van der Waals surface area contributed by atoms with Crippen molar-refractivity contribution in [2.24, 2.45) is 0 Å². The quantitative estimate of drug-likeness (QED) is 0.396. The number of benzene rings is 1. The molecule has 5 heteroatoms. The normalized spacial score (nSPS) is 11.9. The second kappa shape index (κ2) is 10.0. The molecule has 0 aliphatic heterocycles. The lowest BCUT2D eigenvalue weighted by Crippen LogP contribution is -2.21. The summed E-state index contributed by atoms with van der Waals surface area (Å²) in [5.41, 5.74) is 5.02. The van der Waals surface area contributed by atoms with Crippen molar-refractivity contribution in [1.29, 1.82) is 0 Å².